The van der Waals surface area contributed by atoms with Gasteiger partial charge in [-0.25, -0.2) is 4.39 Å². The summed E-state index contributed by atoms with van der Waals surface area (Å²) in [6, 6.07) is 0. The Labute approximate surface area is 82.1 Å². The highest BCUT2D eigenvalue weighted by Gasteiger charge is 2.45. The monoisotopic (exact) mass is 196 g/mol. The van der Waals surface area contributed by atoms with Crippen LogP contribution in [-0.2, 0) is 4.79 Å². The molecule has 0 aromatic heterocycles. The molecule has 0 spiro atoms. The summed E-state index contributed by atoms with van der Waals surface area (Å²) in [5.74, 6) is -0.830. The molecule has 0 bridgehead atoms. The summed E-state index contributed by atoms with van der Waals surface area (Å²) in [6.07, 6.45) is 3.67. The molecule has 2 aliphatic rings. The molecule has 76 valence electrons. The smallest absolute Gasteiger partial charge is 0.307 e. The fraction of sp³-hybridized carbons (Fsp3) is 0.545. The Morgan fingerprint density at radius 2 is 2.36 bits per heavy atom. The molecule has 0 saturated heterocycles. The maximum absolute atomic E-state index is 12.9. The number of aliphatic carboxylic acids is 1. The number of allylic oxidation sites excluding steroid dienone is 4. The fourth-order valence-corrected chi connectivity index (χ4v) is 2.09. The summed E-state index contributed by atoms with van der Waals surface area (Å²) in [5.41, 5.74) is 1.96. The Hall–Kier alpha value is -1.12. The molecule has 1 saturated carbocycles. The summed E-state index contributed by atoms with van der Waals surface area (Å²) in [6.45, 7) is 1.86. The van der Waals surface area contributed by atoms with Gasteiger partial charge in [0.05, 0.1) is 5.92 Å². The van der Waals surface area contributed by atoms with E-state index in [4.69, 9.17) is 5.11 Å². The highest BCUT2D eigenvalue weighted by Crippen LogP contribution is 2.47. The zero-order chi connectivity index (χ0) is 10.3. The lowest BCUT2D eigenvalue weighted by Gasteiger charge is -2.14. The lowest BCUT2D eigenvalue weighted by atomic mass is 9.94. The number of carbonyl (C=O) groups is 1. The summed E-state index contributed by atoms with van der Waals surface area (Å²) >= 11 is 0. The molecule has 2 nitrogen and oxygen atoms in total. The number of rotatable bonds is 2. The minimum absolute atomic E-state index is 0.135. The molecular weight excluding hydrogens is 183 g/mol. The number of hydrogen-bond acceptors (Lipinski definition) is 1. The molecule has 3 heteroatoms. The van der Waals surface area contributed by atoms with Crippen LogP contribution in [0.15, 0.2) is 23.3 Å². The Bertz CT molecular complexity index is 330. The molecule has 0 amide bonds. The van der Waals surface area contributed by atoms with Gasteiger partial charge in [0.1, 0.15) is 6.17 Å². The maximum atomic E-state index is 12.9. The van der Waals surface area contributed by atoms with Gasteiger partial charge < -0.3 is 5.11 Å². The number of carboxylic acids is 1. The van der Waals surface area contributed by atoms with E-state index < -0.39 is 12.1 Å². The number of hydrogen-bond donors (Lipinski definition) is 1. The van der Waals surface area contributed by atoms with Gasteiger partial charge in [0.25, 0.3) is 0 Å². The van der Waals surface area contributed by atoms with E-state index in [9.17, 15) is 9.18 Å². The highest BCUT2D eigenvalue weighted by atomic mass is 19.1. The second kappa shape index (κ2) is 3.23. The summed E-state index contributed by atoms with van der Waals surface area (Å²) in [7, 11) is 0. The van der Waals surface area contributed by atoms with Crippen LogP contribution in [0.1, 0.15) is 19.8 Å². The number of alkyl halides is 1. The average Bonchev–Trinajstić information content (AvgIpc) is 2.83. The first-order valence-corrected chi connectivity index (χ1v) is 4.85. The third-order valence-electron chi connectivity index (χ3n) is 2.96. The van der Waals surface area contributed by atoms with Gasteiger partial charge in [-0.1, -0.05) is 6.08 Å². The molecular formula is C11H13FO2. The van der Waals surface area contributed by atoms with Gasteiger partial charge in [-0.2, -0.15) is 0 Å². The van der Waals surface area contributed by atoms with Crippen molar-refractivity contribution in [2.45, 2.75) is 25.9 Å². The first-order chi connectivity index (χ1) is 6.59. The lowest BCUT2D eigenvalue weighted by Crippen LogP contribution is -2.07. The molecule has 0 aromatic carbocycles. The third kappa shape index (κ3) is 1.59. The third-order valence-corrected chi connectivity index (χ3v) is 2.96. The minimum Gasteiger partial charge on any atom is -0.481 e. The summed E-state index contributed by atoms with van der Waals surface area (Å²) < 4.78 is 12.9. The lowest BCUT2D eigenvalue weighted by molar-refractivity contribution is -0.138. The van der Waals surface area contributed by atoms with Crippen molar-refractivity contribution in [2.75, 3.05) is 0 Å². The SMILES string of the molecule is CC1=CC(F)CC=C1C1C[C@H]1C(=O)O. The molecule has 2 rings (SSSR count). The van der Waals surface area contributed by atoms with E-state index in [0.29, 0.717) is 12.8 Å². The van der Waals surface area contributed by atoms with E-state index in [-0.39, 0.29) is 11.8 Å². The Balaban J connectivity index is 2.08. The van der Waals surface area contributed by atoms with E-state index in [1.807, 2.05) is 13.0 Å². The summed E-state index contributed by atoms with van der Waals surface area (Å²) in [4.78, 5) is 10.7. The van der Waals surface area contributed by atoms with Crippen molar-refractivity contribution in [3.8, 4) is 0 Å². The molecule has 0 aromatic rings. The van der Waals surface area contributed by atoms with E-state index in [1.54, 1.807) is 6.08 Å². The first kappa shape index (κ1) is 9.44. The maximum Gasteiger partial charge on any atom is 0.307 e. The van der Waals surface area contributed by atoms with Crippen LogP contribution in [0.25, 0.3) is 0 Å². The predicted molar refractivity (Wildman–Crippen MR) is 50.6 cm³/mol. The Morgan fingerprint density at radius 3 is 2.86 bits per heavy atom. The Morgan fingerprint density at radius 1 is 1.64 bits per heavy atom. The van der Waals surface area contributed by atoms with Gasteiger partial charge in [0.15, 0.2) is 0 Å². The molecule has 0 radical (unpaired) electrons. The molecule has 0 heterocycles. The van der Waals surface area contributed by atoms with Crippen LogP contribution in [0.2, 0.25) is 0 Å². The second-order valence-corrected chi connectivity index (χ2v) is 4.05. The van der Waals surface area contributed by atoms with E-state index in [1.165, 1.54) is 0 Å². The molecule has 3 atom stereocenters. The van der Waals surface area contributed by atoms with Crippen molar-refractivity contribution in [1.82, 2.24) is 0 Å². The van der Waals surface area contributed by atoms with Crippen molar-refractivity contribution in [1.29, 1.82) is 0 Å². The van der Waals surface area contributed by atoms with Crippen molar-refractivity contribution < 1.29 is 14.3 Å². The second-order valence-electron chi connectivity index (χ2n) is 4.05. The van der Waals surface area contributed by atoms with Gasteiger partial charge in [0, 0.05) is 6.42 Å². The predicted octanol–water partition coefficient (Wildman–Crippen LogP) is 2.32. The van der Waals surface area contributed by atoms with Crippen LogP contribution in [0.3, 0.4) is 0 Å². The summed E-state index contributed by atoms with van der Waals surface area (Å²) in [5, 5.41) is 8.77. The molecule has 1 fully saturated rings. The van der Waals surface area contributed by atoms with Crippen LogP contribution >= 0.6 is 0 Å². The number of halogens is 1. The van der Waals surface area contributed by atoms with Crippen LogP contribution in [0.4, 0.5) is 4.39 Å². The zero-order valence-electron chi connectivity index (χ0n) is 8.03. The zero-order valence-corrected chi connectivity index (χ0v) is 8.03. The van der Waals surface area contributed by atoms with Crippen molar-refractivity contribution in [3.63, 3.8) is 0 Å². The van der Waals surface area contributed by atoms with Crippen molar-refractivity contribution in [3.05, 3.63) is 23.3 Å². The molecule has 2 aliphatic carbocycles. The van der Waals surface area contributed by atoms with Gasteiger partial charge in [-0.3, -0.25) is 4.79 Å². The van der Waals surface area contributed by atoms with Gasteiger partial charge in [-0.15, -0.1) is 0 Å². The van der Waals surface area contributed by atoms with Crippen LogP contribution in [0, 0.1) is 11.8 Å². The van der Waals surface area contributed by atoms with E-state index >= 15 is 0 Å². The Kier molecular flexibility index (Phi) is 2.17. The van der Waals surface area contributed by atoms with Crippen molar-refractivity contribution in [2.24, 2.45) is 11.8 Å². The van der Waals surface area contributed by atoms with Crippen molar-refractivity contribution >= 4 is 5.97 Å². The molecule has 2 unspecified atom stereocenters. The molecule has 14 heavy (non-hydrogen) atoms. The largest absolute Gasteiger partial charge is 0.481 e. The van der Waals surface area contributed by atoms with Crippen LogP contribution in [0.5, 0.6) is 0 Å². The van der Waals surface area contributed by atoms with E-state index in [2.05, 4.69) is 0 Å². The van der Waals surface area contributed by atoms with Crippen LogP contribution < -0.4 is 0 Å². The number of carboxylic acid groups (broad SMARTS) is 1. The quantitative estimate of drug-likeness (QED) is 0.735. The minimum atomic E-state index is -0.888. The standard InChI is InChI=1S/C11H13FO2/c1-6-4-7(12)2-3-8(6)9-5-10(9)11(13)14/h3-4,7,9-10H,2,5H2,1H3,(H,13,14)/t7?,9?,10-/m1/s1. The van der Waals surface area contributed by atoms with E-state index in [0.717, 1.165) is 11.1 Å². The van der Waals surface area contributed by atoms with Crippen LogP contribution in [-0.4, -0.2) is 17.2 Å². The molecule has 1 N–H and O–H groups in total. The van der Waals surface area contributed by atoms with Gasteiger partial charge in [0.2, 0.25) is 0 Å². The average molecular weight is 196 g/mol. The normalized spacial score (nSPS) is 36.0. The fourth-order valence-electron chi connectivity index (χ4n) is 2.09. The topological polar surface area (TPSA) is 37.3 Å². The first-order valence-electron chi connectivity index (χ1n) is 4.85. The highest BCUT2D eigenvalue weighted by molar-refractivity contribution is 5.75. The molecule has 0 aliphatic heterocycles. The van der Waals surface area contributed by atoms with Gasteiger partial charge in [-0.05, 0) is 36.5 Å². The van der Waals surface area contributed by atoms with Gasteiger partial charge >= 0.3 is 5.97 Å².